The van der Waals surface area contributed by atoms with Crippen LogP contribution in [-0.2, 0) is 17.5 Å². The summed E-state index contributed by atoms with van der Waals surface area (Å²) in [5.74, 6) is -0.289. The molecule has 0 bridgehead atoms. The molecule has 10 heteroatoms. The van der Waals surface area contributed by atoms with E-state index >= 15 is 0 Å². The Balaban J connectivity index is 1.45. The zero-order valence-electron chi connectivity index (χ0n) is 16.3. The van der Waals surface area contributed by atoms with Crippen molar-refractivity contribution in [1.29, 1.82) is 0 Å². The van der Waals surface area contributed by atoms with Crippen molar-refractivity contribution in [3.8, 4) is 16.9 Å². The maximum atomic E-state index is 13.3. The number of benzene rings is 1. The lowest BCUT2D eigenvalue weighted by molar-refractivity contribution is -0.141. The zero-order chi connectivity index (χ0) is 21.9. The van der Waals surface area contributed by atoms with Gasteiger partial charge in [-0.2, -0.15) is 13.2 Å². The van der Waals surface area contributed by atoms with Crippen LogP contribution in [0.15, 0.2) is 24.4 Å². The standard InChI is InChI=1S/C21H19F3N4O3/c22-21(23,24)17-3-11(6-26-18(17)25)14-4-12(5-15-16(14)7-27-19(15)29)31-13-8-28(9-13)20(30)10-1-2-10/h3-6,10,13H,1-2,7-9H2,(H2,25,26)(H,27,29). The maximum absolute atomic E-state index is 13.3. The van der Waals surface area contributed by atoms with Gasteiger partial charge in [-0.3, -0.25) is 9.59 Å². The molecular formula is C21H19F3N4O3. The summed E-state index contributed by atoms with van der Waals surface area (Å²) in [5.41, 5.74) is 5.94. The van der Waals surface area contributed by atoms with Crippen LogP contribution >= 0.6 is 0 Å². The van der Waals surface area contributed by atoms with Crippen LogP contribution in [-0.4, -0.2) is 40.9 Å². The van der Waals surface area contributed by atoms with E-state index < -0.39 is 17.6 Å². The van der Waals surface area contributed by atoms with E-state index in [1.54, 1.807) is 17.0 Å². The smallest absolute Gasteiger partial charge is 0.419 e. The van der Waals surface area contributed by atoms with Crippen molar-refractivity contribution < 1.29 is 27.5 Å². The second-order valence-electron chi connectivity index (χ2n) is 8.09. The molecule has 1 aliphatic carbocycles. The van der Waals surface area contributed by atoms with E-state index in [0.717, 1.165) is 18.9 Å². The molecule has 0 radical (unpaired) electrons. The van der Waals surface area contributed by atoms with Gasteiger partial charge in [0.25, 0.3) is 5.91 Å². The number of pyridine rings is 1. The van der Waals surface area contributed by atoms with Crippen LogP contribution in [0.25, 0.3) is 11.1 Å². The van der Waals surface area contributed by atoms with E-state index in [9.17, 15) is 22.8 Å². The molecule has 0 unspecified atom stereocenters. The minimum atomic E-state index is -4.65. The number of aromatic nitrogens is 1. The topological polar surface area (TPSA) is 97.6 Å². The van der Waals surface area contributed by atoms with Gasteiger partial charge in [-0.05, 0) is 42.2 Å². The number of amides is 2. The molecular weight excluding hydrogens is 413 g/mol. The lowest BCUT2D eigenvalue weighted by atomic mass is 9.96. The molecule has 1 aromatic heterocycles. The number of carbonyl (C=O) groups excluding carboxylic acids is 2. The third-order valence-corrected chi connectivity index (χ3v) is 5.82. The van der Waals surface area contributed by atoms with Crippen molar-refractivity contribution >= 4 is 17.6 Å². The molecule has 1 saturated heterocycles. The van der Waals surface area contributed by atoms with Crippen molar-refractivity contribution in [1.82, 2.24) is 15.2 Å². The van der Waals surface area contributed by atoms with Gasteiger partial charge in [-0.25, -0.2) is 4.98 Å². The number of halogens is 3. The average Bonchev–Trinajstić information content (AvgIpc) is 3.47. The Labute approximate surface area is 175 Å². The van der Waals surface area contributed by atoms with E-state index in [1.165, 1.54) is 6.20 Å². The van der Waals surface area contributed by atoms with Gasteiger partial charge >= 0.3 is 6.18 Å². The Morgan fingerprint density at radius 3 is 2.58 bits per heavy atom. The monoisotopic (exact) mass is 432 g/mol. The van der Waals surface area contributed by atoms with Gasteiger partial charge in [0.1, 0.15) is 17.7 Å². The number of hydrogen-bond acceptors (Lipinski definition) is 5. The van der Waals surface area contributed by atoms with E-state index in [-0.39, 0.29) is 35.9 Å². The van der Waals surface area contributed by atoms with Gasteiger partial charge < -0.3 is 20.7 Å². The zero-order valence-corrected chi connectivity index (χ0v) is 16.3. The number of rotatable bonds is 4. The van der Waals surface area contributed by atoms with E-state index in [4.69, 9.17) is 10.5 Å². The normalized spacial score (nSPS) is 18.4. The van der Waals surface area contributed by atoms with Crippen LogP contribution in [0.3, 0.4) is 0 Å². The summed E-state index contributed by atoms with van der Waals surface area (Å²) >= 11 is 0. The summed E-state index contributed by atoms with van der Waals surface area (Å²) in [5, 5.41) is 2.69. The number of hydrogen-bond donors (Lipinski definition) is 2. The molecule has 2 amide bonds. The first-order valence-corrected chi connectivity index (χ1v) is 9.94. The van der Waals surface area contributed by atoms with Crippen molar-refractivity contribution in [2.24, 2.45) is 5.92 Å². The molecule has 7 nitrogen and oxygen atoms in total. The van der Waals surface area contributed by atoms with Crippen molar-refractivity contribution in [3.63, 3.8) is 0 Å². The predicted molar refractivity (Wildman–Crippen MR) is 104 cm³/mol. The second kappa shape index (κ2) is 6.86. The SMILES string of the molecule is Nc1ncc(-c2cc(OC3CN(C(=O)C4CC4)C3)cc3c2CNC3=O)cc1C(F)(F)F. The van der Waals surface area contributed by atoms with Gasteiger partial charge in [0.05, 0.1) is 18.7 Å². The van der Waals surface area contributed by atoms with Crippen LogP contribution in [0.2, 0.25) is 0 Å². The fourth-order valence-corrected chi connectivity index (χ4v) is 3.95. The molecule has 162 valence electrons. The van der Waals surface area contributed by atoms with Crippen molar-refractivity contribution in [3.05, 3.63) is 41.1 Å². The molecule has 31 heavy (non-hydrogen) atoms. The van der Waals surface area contributed by atoms with Gasteiger partial charge in [0, 0.05) is 29.8 Å². The lowest BCUT2D eigenvalue weighted by Gasteiger charge is -2.39. The lowest BCUT2D eigenvalue weighted by Crippen LogP contribution is -2.56. The third-order valence-electron chi connectivity index (χ3n) is 5.82. The Morgan fingerprint density at radius 2 is 1.90 bits per heavy atom. The van der Waals surface area contributed by atoms with Gasteiger partial charge in [0.2, 0.25) is 5.91 Å². The average molecular weight is 432 g/mol. The molecule has 1 aromatic carbocycles. The summed E-state index contributed by atoms with van der Waals surface area (Å²) in [4.78, 5) is 29.8. The van der Waals surface area contributed by atoms with Crippen LogP contribution < -0.4 is 15.8 Å². The Morgan fingerprint density at radius 1 is 1.19 bits per heavy atom. The molecule has 2 aromatic rings. The number of ether oxygens (including phenoxy) is 1. The molecule has 2 aliphatic heterocycles. The molecule has 0 spiro atoms. The highest BCUT2D eigenvalue weighted by atomic mass is 19.4. The summed E-state index contributed by atoms with van der Waals surface area (Å²) in [7, 11) is 0. The maximum Gasteiger partial charge on any atom is 0.419 e. The Bertz CT molecular complexity index is 1090. The second-order valence-corrected chi connectivity index (χ2v) is 8.09. The minimum Gasteiger partial charge on any atom is -0.487 e. The summed E-state index contributed by atoms with van der Waals surface area (Å²) in [6, 6.07) is 4.13. The summed E-state index contributed by atoms with van der Waals surface area (Å²) in [6.45, 7) is 1.10. The summed E-state index contributed by atoms with van der Waals surface area (Å²) in [6.07, 6.45) is -1.76. The number of anilines is 1. The first kappa shape index (κ1) is 19.7. The fraction of sp³-hybridized carbons (Fsp3) is 0.381. The minimum absolute atomic E-state index is 0.136. The predicted octanol–water partition coefficient (Wildman–Crippen LogP) is 2.59. The first-order chi connectivity index (χ1) is 14.7. The molecule has 3 aliphatic rings. The molecule has 3 N–H and O–H groups in total. The number of nitrogens with two attached hydrogens (primary N) is 1. The number of fused-ring (bicyclic) bond motifs is 1. The van der Waals surface area contributed by atoms with Crippen LogP contribution in [0, 0.1) is 5.92 Å². The first-order valence-electron chi connectivity index (χ1n) is 9.94. The highest BCUT2D eigenvalue weighted by molar-refractivity contribution is 6.01. The van der Waals surface area contributed by atoms with Gasteiger partial charge in [-0.15, -0.1) is 0 Å². The fourth-order valence-electron chi connectivity index (χ4n) is 3.95. The highest BCUT2D eigenvalue weighted by Crippen LogP contribution is 2.39. The number of nitrogen functional groups attached to an aromatic ring is 1. The van der Waals surface area contributed by atoms with Crippen LogP contribution in [0.5, 0.6) is 5.75 Å². The molecule has 5 rings (SSSR count). The van der Waals surface area contributed by atoms with Crippen LogP contribution in [0.1, 0.15) is 34.3 Å². The number of carbonyl (C=O) groups is 2. The number of nitrogens with zero attached hydrogens (tertiary/aromatic N) is 2. The summed E-state index contributed by atoms with van der Waals surface area (Å²) < 4.78 is 45.9. The van der Waals surface area contributed by atoms with Crippen LogP contribution in [0.4, 0.5) is 19.0 Å². The van der Waals surface area contributed by atoms with E-state index in [0.29, 0.717) is 35.5 Å². The largest absolute Gasteiger partial charge is 0.487 e. The molecule has 2 fully saturated rings. The molecule has 3 heterocycles. The van der Waals surface area contributed by atoms with Crippen molar-refractivity contribution in [2.75, 3.05) is 18.8 Å². The third kappa shape index (κ3) is 3.55. The number of alkyl halides is 3. The van der Waals surface area contributed by atoms with E-state index in [1.807, 2.05) is 0 Å². The van der Waals surface area contributed by atoms with Gasteiger partial charge in [-0.1, -0.05) is 0 Å². The number of nitrogens with one attached hydrogen (secondary N) is 1. The Hall–Kier alpha value is -3.30. The van der Waals surface area contributed by atoms with Gasteiger partial charge in [0.15, 0.2) is 0 Å². The quantitative estimate of drug-likeness (QED) is 0.774. The number of likely N-dealkylation sites (tertiary alicyclic amines) is 1. The van der Waals surface area contributed by atoms with Crippen molar-refractivity contribution in [2.45, 2.75) is 31.7 Å². The molecule has 0 atom stereocenters. The Kier molecular flexibility index (Phi) is 4.35. The van der Waals surface area contributed by atoms with E-state index in [2.05, 4.69) is 10.3 Å². The highest BCUT2D eigenvalue weighted by Gasteiger charge is 2.40. The molecule has 1 saturated carbocycles.